The largest absolute Gasteiger partial charge is 0.331 e. The quantitative estimate of drug-likeness (QED) is 0.819. The van der Waals surface area contributed by atoms with E-state index in [9.17, 15) is 13.0 Å². The Labute approximate surface area is 102 Å². The monoisotopic (exact) mass is 277 g/mol. The minimum Gasteiger partial charge on any atom is -0.331 e. The molecule has 1 N–H and O–H groups in total. The van der Waals surface area contributed by atoms with Crippen molar-refractivity contribution in [2.75, 3.05) is 7.11 Å². The molecule has 0 saturated heterocycles. The molecule has 1 atom stereocenters. The minimum atomic E-state index is -3.65. The summed E-state index contributed by atoms with van der Waals surface area (Å²) in [5, 5.41) is 0.216. The van der Waals surface area contributed by atoms with Crippen molar-refractivity contribution in [3.8, 4) is 0 Å². The highest BCUT2D eigenvalue weighted by atomic mass is 32.2. The molecule has 0 aromatic heterocycles. The summed E-state index contributed by atoms with van der Waals surface area (Å²) >= 11 is 0. The van der Waals surface area contributed by atoms with E-state index in [1.807, 2.05) is 0 Å². The van der Waals surface area contributed by atoms with Gasteiger partial charge in [-0.05, 0) is 26.0 Å². The minimum absolute atomic E-state index is 0.0134. The molecule has 0 radical (unpaired) electrons. The Morgan fingerprint density at radius 1 is 1.29 bits per heavy atom. The summed E-state index contributed by atoms with van der Waals surface area (Å²) in [6.45, 7) is 3.44. The van der Waals surface area contributed by atoms with Gasteiger partial charge in [0, 0.05) is 13.2 Å². The Kier molecular flexibility index (Phi) is 4.89. The van der Waals surface area contributed by atoms with Crippen LogP contribution in [0.2, 0.25) is 0 Å². The maximum atomic E-state index is 12.0. The fourth-order valence-corrected chi connectivity index (χ4v) is 4.11. The third-order valence-electron chi connectivity index (χ3n) is 1.97. The molecule has 17 heavy (non-hydrogen) atoms. The molecule has 5 nitrogen and oxygen atoms in total. The summed E-state index contributed by atoms with van der Waals surface area (Å²) in [6.07, 6.45) is 0. The van der Waals surface area contributed by atoms with Gasteiger partial charge in [0.15, 0.2) is 0 Å². The first-order valence-electron chi connectivity index (χ1n) is 5.08. The van der Waals surface area contributed by atoms with Crippen LogP contribution in [-0.2, 0) is 19.1 Å². The molecule has 0 aliphatic rings. The molecule has 0 amide bonds. The summed E-state index contributed by atoms with van der Waals surface area (Å²) in [5.41, 5.74) is 0. The Morgan fingerprint density at radius 3 is 2.41 bits per heavy atom. The molecule has 1 aromatic carbocycles. The second-order valence-corrected chi connectivity index (χ2v) is 6.97. The summed E-state index contributed by atoms with van der Waals surface area (Å²) in [5.74, 6) is 0. The lowest BCUT2D eigenvalue weighted by molar-refractivity contribution is 0.422. The first kappa shape index (κ1) is 14.4. The Hall–Kier alpha value is -0.680. The van der Waals surface area contributed by atoms with Crippen molar-refractivity contribution in [3.05, 3.63) is 24.3 Å². The molecule has 1 rings (SSSR count). The molecule has 1 unspecified atom stereocenters. The van der Waals surface area contributed by atoms with E-state index < -0.39 is 18.1 Å². The van der Waals surface area contributed by atoms with Crippen LogP contribution in [0, 0.1) is 0 Å². The molecular weight excluding hydrogens is 261 g/mol. The molecule has 0 aliphatic heterocycles. The Morgan fingerprint density at radius 2 is 1.88 bits per heavy atom. The normalized spacial score (nSPS) is 13.9. The van der Waals surface area contributed by atoms with Crippen LogP contribution >= 0.6 is 8.03 Å². The first-order valence-corrected chi connectivity index (χ1v) is 7.88. The molecule has 7 heteroatoms. The van der Waals surface area contributed by atoms with E-state index in [2.05, 4.69) is 4.72 Å². The topological polar surface area (TPSA) is 72.5 Å². The van der Waals surface area contributed by atoms with Crippen LogP contribution in [0.5, 0.6) is 0 Å². The van der Waals surface area contributed by atoms with Gasteiger partial charge in [0.25, 0.3) is 0 Å². The first-order chi connectivity index (χ1) is 7.88. The van der Waals surface area contributed by atoms with E-state index in [1.165, 1.54) is 19.2 Å². The second kappa shape index (κ2) is 5.78. The molecule has 0 fully saturated rings. The summed E-state index contributed by atoms with van der Waals surface area (Å²) in [4.78, 5) is 0.0134. The highest BCUT2D eigenvalue weighted by Gasteiger charge is 2.21. The van der Waals surface area contributed by atoms with Crippen LogP contribution in [-0.4, -0.2) is 21.6 Å². The van der Waals surface area contributed by atoms with E-state index >= 15 is 0 Å². The van der Waals surface area contributed by atoms with Gasteiger partial charge in [0.05, 0.1) is 10.2 Å². The van der Waals surface area contributed by atoms with Gasteiger partial charge in [-0.1, -0.05) is 12.1 Å². The van der Waals surface area contributed by atoms with E-state index in [4.69, 9.17) is 4.52 Å². The predicted molar refractivity (Wildman–Crippen MR) is 67.5 cm³/mol. The standard InChI is InChI=1S/C10H16NO4PS/c1-8(2)11-17(13,14)10-7-5-4-6-9(10)16(12)15-3/h4-8,11,16H,1-3H3. The fraction of sp³-hybridized carbons (Fsp3) is 0.400. The number of sulfonamides is 1. The zero-order valence-corrected chi connectivity index (χ0v) is 11.7. The zero-order valence-electron chi connectivity index (χ0n) is 9.93. The van der Waals surface area contributed by atoms with Crippen molar-refractivity contribution in [1.82, 2.24) is 4.72 Å². The highest BCUT2D eigenvalue weighted by molar-refractivity contribution is 7.90. The number of hydrogen-bond acceptors (Lipinski definition) is 4. The highest BCUT2D eigenvalue weighted by Crippen LogP contribution is 2.24. The molecular formula is C10H16NO4PS. The second-order valence-electron chi connectivity index (χ2n) is 3.76. The van der Waals surface area contributed by atoms with Gasteiger partial charge in [-0.3, -0.25) is 4.57 Å². The third-order valence-corrected chi connectivity index (χ3v) is 5.12. The van der Waals surface area contributed by atoms with Crippen molar-refractivity contribution in [3.63, 3.8) is 0 Å². The lowest BCUT2D eigenvalue weighted by Gasteiger charge is -2.12. The van der Waals surface area contributed by atoms with Gasteiger partial charge in [0.1, 0.15) is 0 Å². The van der Waals surface area contributed by atoms with Crippen LogP contribution in [0.1, 0.15) is 13.8 Å². The van der Waals surface area contributed by atoms with Crippen LogP contribution in [0.3, 0.4) is 0 Å². The van der Waals surface area contributed by atoms with Gasteiger partial charge in [-0.2, -0.15) is 0 Å². The van der Waals surface area contributed by atoms with Gasteiger partial charge < -0.3 is 4.52 Å². The summed E-state index contributed by atoms with van der Waals surface area (Å²) < 4.78 is 42.8. The smallest absolute Gasteiger partial charge is 0.241 e. The number of rotatable bonds is 5. The SMILES string of the molecule is CO[PH](=O)c1ccccc1S(=O)(=O)NC(C)C. The molecule has 0 aliphatic carbocycles. The van der Waals surface area contributed by atoms with Gasteiger partial charge in [0.2, 0.25) is 18.1 Å². The van der Waals surface area contributed by atoms with E-state index in [0.29, 0.717) is 0 Å². The van der Waals surface area contributed by atoms with Gasteiger partial charge >= 0.3 is 0 Å². The maximum Gasteiger partial charge on any atom is 0.241 e. The Bertz CT molecular complexity index is 513. The predicted octanol–water partition coefficient (Wildman–Crippen LogP) is 1.12. The maximum absolute atomic E-state index is 12.0. The number of benzene rings is 1. The van der Waals surface area contributed by atoms with E-state index in [-0.39, 0.29) is 16.2 Å². The molecule has 0 spiro atoms. The summed E-state index contributed by atoms with van der Waals surface area (Å²) in [7, 11) is -4.88. The number of hydrogen-bond donors (Lipinski definition) is 1. The lowest BCUT2D eigenvalue weighted by atomic mass is 10.4. The molecule has 0 heterocycles. The average Bonchev–Trinajstić information content (AvgIpc) is 2.26. The average molecular weight is 277 g/mol. The Balaban J connectivity index is 3.27. The lowest BCUT2D eigenvalue weighted by Crippen LogP contribution is -2.32. The van der Waals surface area contributed by atoms with Crippen LogP contribution in [0.4, 0.5) is 0 Å². The molecule has 1 aromatic rings. The van der Waals surface area contributed by atoms with E-state index in [0.717, 1.165) is 0 Å². The molecule has 0 bridgehead atoms. The summed E-state index contributed by atoms with van der Waals surface area (Å²) in [6, 6.07) is 5.91. The molecule has 0 saturated carbocycles. The van der Waals surface area contributed by atoms with Crippen molar-refractivity contribution in [1.29, 1.82) is 0 Å². The van der Waals surface area contributed by atoms with Crippen LogP contribution < -0.4 is 10.0 Å². The fourth-order valence-electron chi connectivity index (χ4n) is 1.35. The van der Waals surface area contributed by atoms with Crippen molar-refractivity contribution >= 4 is 23.4 Å². The zero-order chi connectivity index (χ0) is 13.1. The van der Waals surface area contributed by atoms with Crippen molar-refractivity contribution < 1.29 is 17.5 Å². The van der Waals surface area contributed by atoms with Gasteiger partial charge in [-0.25, -0.2) is 13.1 Å². The van der Waals surface area contributed by atoms with Crippen molar-refractivity contribution in [2.45, 2.75) is 24.8 Å². The van der Waals surface area contributed by atoms with Crippen LogP contribution in [0.25, 0.3) is 0 Å². The van der Waals surface area contributed by atoms with E-state index in [1.54, 1.807) is 26.0 Å². The number of nitrogens with one attached hydrogen (secondary N) is 1. The van der Waals surface area contributed by atoms with Crippen LogP contribution in [0.15, 0.2) is 29.2 Å². The third kappa shape index (κ3) is 3.64. The van der Waals surface area contributed by atoms with Crippen molar-refractivity contribution in [2.24, 2.45) is 0 Å². The molecule has 96 valence electrons. The van der Waals surface area contributed by atoms with Gasteiger partial charge in [-0.15, -0.1) is 0 Å².